The van der Waals surface area contributed by atoms with Gasteiger partial charge in [0.05, 0.1) is 25.1 Å². The van der Waals surface area contributed by atoms with Crippen molar-refractivity contribution in [2.75, 3.05) is 12.3 Å². The van der Waals surface area contributed by atoms with Crippen molar-refractivity contribution in [3.8, 4) is 0 Å². The molecule has 0 radical (unpaired) electrons. The molecular weight excluding hydrogens is 373 g/mol. The maximum atomic E-state index is 12.3. The number of hydrogen-bond acceptors (Lipinski definition) is 9. The van der Waals surface area contributed by atoms with Crippen molar-refractivity contribution in [3.05, 3.63) is 12.7 Å². The summed E-state index contributed by atoms with van der Waals surface area (Å²) >= 11 is 0. The van der Waals surface area contributed by atoms with E-state index in [0.717, 1.165) is 0 Å². The van der Waals surface area contributed by atoms with Gasteiger partial charge >= 0.3 is 0 Å². The Morgan fingerprint density at radius 2 is 2.11 bits per heavy atom. The van der Waals surface area contributed by atoms with Crippen LogP contribution in [0.3, 0.4) is 0 Å². The average Bonchev–Trinajstić information content (AvgIpc) is 3.17. The molecule has 4 atom stereocenters. The van der Waals surface area contributed by atoms with Gasteiger partial charge in [0, 0.05) is 12.1 Å². The molecule has 3 rings (SSSR count). The first-order valence-electron chi connectivity index (χ1n) is 8.88. The fourth-order valence-electron chi connectivity index (χ4n) is 2.81. The molecule has 27 heavy (non-hydrogen) atoms. The highest BCUT2D eigenvalue weighted by atomic mass is 31.2. The molecule has 150 valence electrons. The number of nitrogens with two attached hydrogens (primary N) is 1. The van der Waals surface area contributed by atoms with Crippen molar-refractivity contribution in [1.29, 1.82) is 0 Å². The van der Waals surface area contributed by atoms with Gasteiger partial charge in [0.2, 0.25) is 0 Å². The molecule has 3 heterocycles. The average molecular weight is 398 g/mol. The number of nitrogen functional groups attached to an aromatic ring is 1. The molecule has 2 aromatic rings. The summed E-state index contributed by atoms with van der Waals surface area (Å²) in [5.74, 6) is 0.271. The van der Waals surface area contributed by atoms with Crippen LogP contribution in [0, 0.1) is 0 Å². The molecule has 1 aliphatic rings. The summed E-state index contributed by atoms with van der Waals surface area (Å²) < 4.78 is 31.1. The Balaban J connectivity index is 1.85. The van der Waals surface area contributed by atoms with E-state index < -0.39 is 31.7 Å². The van der Waals surface area contributed by atoms with Crippen LogP contribution in [0.15, 0.2) is 12.7 Å². The molecule has 2 unspecified atom stereocenters. The van der Waals surface area contributed by atoms with Crippen LogP contribution in [0.5, 0.6) is 0 Å². The molecule has 2 aromatic heterocycles. The van der Waals surface area contributed by atoms with Gasteiger partial charge in [-0.2, -0.15) is 0 Å². The lowest BCUT2D eigenvalue weighted by Crippen LogP contribution is -2.32. The van der Waals surface area contributed by atoms with Crippen LogP contribution in [0.2, 0.25) is 0 Å². The second-order valence-electron chi connectivity index (χ2n) is 7.11. The van der Waals surface area contributed by atoms with Gasteiger partial charge in [-0.1, -0.05) is 13.8 Å². The number of imidazole rings is 1. The molecule has 2 N–H and O–H groups in total. The molecule has 1 aliphatic heterocycles. The number of ether oxygens (including phenoxy) is 2. The predicted octanol–water partition coefficient (Wildman–Crippen LogP) is 1.47. The summed E-state index contributed by atoms with van der Waals surface area (Å²) in [4.78, 5) is 24.6. The number of nitrogens with zero attached hydrogens (tertiary/aromatic N) is 4. The minimum Gasteiger partial charge on any atom is -0.778 e. The fraction of sp³-hybridized carbons (Fsp3) is 0.688. The molecule has 0 bridgehead atoms. The summed E-state index contributed by atoms with van der Waals surface area (Å²) in [6.07, 6.45) is 1.53. The lowest BCUT2D eigenvalue weighted by atomic mass is 10.2. The standard InChI is InChI=1S/C16H26N5O5P/c1-9(2)24-6-12-11(26-27(22,23)10(3)4)5-13(25-12)21-8-20-14-15(17)18-7-19-16(14)21/h7-13H,5-6H2,1-4H3,(H,22,23)(H2,17,18,19)/p-1/t11?,12-,13-/m1/s1. The van der Waals surface area contributed by atoms with Crippen LogP contribution >= 0.6 is 7.60 Å². The Bertz CT molecular complexity index is 842. The highest BCUT2D eigenvalue weighted by Gasteiger charge is 2.40. The van der Waals surface area contributed by atoms with Gasteiger partial charge < -0.3 is 29.2 Å². The number of hydrogen-bond donors (Lipinski definition) is 1. The van der Waals surface area contributed by atoms with E-state index >= 15 is 0 Å². The van der Waals surface area contributed by atoms with E-state index in [4.69, 9.17) is 19.7 Å². The number of anilines is 1. The van der Waals surface area contributed by atoms with Crippen molar-refractivity contribution in [1.82, 2.24) is 19.5 Å². The van der Waals surface area contributed by atoms with Gasteiger partial charge in [0.15, 0.2) is 11.5 Å². The van der Waals surface area contributed by atoms with Crippen LogP contribution < -0.4 is 10.6 Å². The van der Waals surface area contributed by atoms with Crippen LogP contribution in [-0.4, -0.2) is 50.1 Å². The zero-order valence-electron chi connectivity index (χ0n) is 15.8. The third kappa shape index (κ3) is 4.30. The van der Waals surface area contributed by atoms with Crippen LogP contribution in [0.25, 0.3) is 11.2 Å². The largest absolute Gasteiger partial charge is 0.778 e. The SMILES string of the molecule is CC(C)OC[C@H]1O[C@@H](n2cnc3c(N)ncnc32)CC1OP(=O)([O-])C(C)C. The van der Waals surface area contributed by atoms with Gasteiger partial charge in [-0.15, -0.1) is 0 Å². The van der Waals surface area contributed by atoms with Crippen LogP contribution in [0.1, 0.15) is 40.3 Å². The fourth-order valence-corrected chi connectivity index (χ4v) is 3.65. The Kier molecular flexibility index (Phi) is 5.83. The first-order valence-corrected chi connectivity index (χ1v) is 10.5. The summed E-state index contributed by atoms with van der Waals surface area (Å²) in [5, 5.41) is 0. The van der Waals surface area contributed by atoms with Crippen molar-refractivity contribution in [2.24, 2.45) is 0 Å². The summed E-state index contributed by atoms with van der Waals surface area (Å²) in [6.45, 7) is 7.20. The second-order valence-corrected chi connectivity index (χ2v) is 9.43. The summed E-state index contributed by atoms with van der Waals surface area (Å²) in [5.41, 5.74) is 6.20. The summed E-state index contributed by atoms with van der Waals surface area (Å²) in [7, 11) is -4.01. The number of rotatable bonds is 7. The van der Waals surface area contributed by atoms with Gasteiger partial charge in [-0.25, -0.2) is 15.0 Å². The van der Waals surface area contributed by atoms with Gasteiger partial charge in [-0.05, 0) is 13.8 Å². The normalized spacial score (nSPS) is 25.5. The van der Waals surface area contributed by atoms with Crippen molar-refractivity contribution < 1.29 is 23.5 Å². The van der Waals surface area contributed by atoms with Crippen molar-refractivity contribution in [3.63, 3.8) is 0 Å². The lowest BCUT2D eigenvalue weighted by Gasteiger charge is -2.31. The third-order valence-corrected chi connectivity index (χ3v) is 6.22. The van der Waals surface area contributed by atoms with E-state index in [1.807, 2.05) is 13.8 Å². The minimum absolute atomic E-state index is 0.0148. The van der Waals surface area contributed by atoms with Gasteiger partial charge in [0.25, 0.3) is 0 Å². The molecule has 0 aromatic carbocycles. The zero-order valence-corrected chi connectivity index (χ0v) is 16.7. The van der Waals surface area contributed by atoms with Crippen LogP contribution in [-0.2, 0) is 18.6 Å². The van der Waals surface area contributed by atoms with Crippen molar-refractivity contribution in [2.45, 2.75) is 64.3 Å². The van der Waals surface area contributed by atoms with E-state index in [-0.39, 0.29) is 18.5 Å². The molecule has 0 aliphatic carbocycles. The highest BCUT2D eigenvalue weighted by molar-refractivity contribution is 7.52. The Hall–Kier alpha value is -1.58. The van der Waals surface area contributed by atoms with Crippen molar-refractivity contribution >= 4 is 24.6 Å². The summed E-state index contributed by atoms with van der Waals surface area (Å²) in [6, 6.07) is 0. The van der Waals surface area contributed by atoms with E-state index in [1.165, 1.54) is 6.33 Å². The Morgan fingerprint density at radius 3 is 2.78 bits per heavy atom. The van der Waals surface area contributed by atoms with Crippen LogP contribution in [0.4, 0.5) is 5.82 Å². The molecule has 11 heteroatoms. The second kappa shape index (κ2) is 7.81. The van der Waals surface area contributed by atoms with Gasteiger partial charge in [0.1, 0.15) is 31.8 Å². The first-order chi connectivity index (χ1) is 12.7. The highest BCUT2D eigenvalue weighted by Crippen LogP contribution is 2.47. The molecule has 1 fully saturated rings. The molecule has 0 spiro atoms. The predicted molar refractivity (Wildman–Crippen MR) is 97.0 cm³/mol. The smallest absolute Gasteiger partial charge is 0.167 e. The number of fused-ring (bicyclic) bond motifs is 1. The molecule has 0 saturated carbocycles. The van der Waals surface area contributed by atoms with E-state index in [0.29, 0.717) is 17.6 Å². The molecule has 1 saturated heterocycles. The Labute approximate surface area is 157 Å². The Morgan fingerprint density at radius 1 is 1.37 bits per heavy atom. The quantitative estimate of drug-likeness (QED) is 0.687. The maximum Gasteiger partial charge on any atom is 0.167 e. The first kappa shape index (κ1) is 20.2. The molecule has 10 nitrogen and oxygen atoms in total. The minimum atomic E-state index is -4.01. The monoisotopic (exact) mass is 398 g/mol. The topological polar surface area (TPSA) is 137 Å². The lowest BCUT2D eigenvalue weighted by molar-refractivity contribution is -0.207. The zero-order chi connectivity index (χ0) is 19.8. The van der Waals surface area contributed by atoms with E-state index in [2.05, 4.69) is 15.0 Å². The van der Waals surface area contributed by atoms with Gasteiger partial charge in [-0.3, -0.25) is 4.57 Å². The molecular formula is C16H25N5O5P-. The molecule has 0 amide bonds. The van der Waals surface area contributed by atoms with E-state index in [1.54, 1.807) is 24.7 Å². The van der Waals surface area contributed by atoms with E-state index in [9.17, 15) is 9.46 Å². The third-order valence-electron chi connectivity index (χ3n) is 4.39. The maximum absolute atomic E-state index is 12.3. The number of aromatic nitrogens is 4.